The van der Waals surface area contributed by atoms with Gasteiger partial charge in [-0.05, 0) is 75.2 Å². The number of para-hydroxylation sites is 2. The molecule has 172 valence electrons. The van der Waals surface area contributed by atoms with Crippen LogP contribution in [0.25, 0.3) is 10.9 Å². The molecule has 0 radical (unpaired) electrons. The van der Waals surface area contributed by atoms with E-state index >= 15 is 0 Å². The zero-order chi connectivity index (χ0) is 24.2. The number of amides is 3. The zero-order valence-electron chi connectivity index (χ0n) is 19.8. The maximum Gasteiger partial charge on any atom is 0.330 e. The molecule has 0 spiro atoms. The smallest absolute Gasteiger partial charge is 0.330 e. The first-order valence-electron chi connectivity index (χ1n) is 11.3. The normalized spacial score (nSPS) is 10.9. The molecule has 0 unspecified atom stereocenters. The molecule has 3 aromatic carbocycles. The minimum Gasteiger partial charge on any atom is -0.349 e. The number of hydrogen-bond donors (Lipinski definition) is 2. The standard InChI is InChI=1S/C28H28N4O2/c1-18(2)29-27(33)25-17-24(26-20(4)15-19(3)16-23(26)30-25)31-28(34)32(21-11-7-5-8-12-21)22-13-9-6-10-14-22/h5-18H,1-4H3,(H,29,33)(H,30,31,34). The van der Waals surface area contributed by atoms with Crippen molar-refractivity contribution in [3.05, 3.63) is 95.7 Å². The number of nitrogens with zero attached hydrogens (tertiary/aromatic N) is 2. The Morgan fingerprint density at radius 1 is 0.853 bits per heavy atom. The largest absolute Gasteiger partial charge is 0.349 e. The van der Waals surface area contributed by atoms with E-state index in [0.717, 1.165) is 27.9 Å². The Hall–Kier alpha value is -4.19. The molecular weight excluding hydrogens is 424 g/mol. The van der Waals surface area contributed by atoms with Crippen molar-refractivity contribution in [3.8, 4) is 0 Å². The molecule has 3 amide bonds. The van der Waals surface area contributed by atoms with E-state index in [0.29, 0.717) is 11.2 Å². The molecule has 0 saturated heterocycles. The lowest BCUT2D eigenvalue weighted by Crippen LogP contribution is -2.32. The predicted octanol–water partition coefficient (Wildman–Crippen LogP) is 6.36. The van der Waals surface area contributed by atoms with Crippen molar-refractivity contribution in [1.82, 2.24) is 10.3 Å². The van der Waals surface area contributed by atoms with Gasteiger partial charge in [-0.25, -0.2) is 9.78 Å². The number of urea groups is 1. The Morgan fingerprint density at radius 2 is 1.44 bits per heavy atom. The summed E-state index contributed by atoms with van der Waals surface area (Å²) in [5, 5.41) is 6.75. The Morgan fingerprint density at radius 3 is 2.00 bits per heavy atom. The van der Waals surface area contributed by atoms with Crippen molar-refractivity contribution < 1.29 is 9.59 Å². The maximum atomic E-state index is 13.7. The van der Waals surface area contributed by atoms with Gasteiger partial charge in [0.15, 0.2) is 0 Å². The number of rotatable bonds is 5. The van der Waals surface area contributed by atoms with Crippen molar-refractivity contribution in [2.75, 3.05) is 10.2 Å². The van der Waals surface area contributed by atoms with Crippen molar-refractivity contribution >= 4 is 39.9 Å². The van der Waals surface area contributed by atoms with Gasteiger partial charge in [0.1, 0.15) is 5.69 Å². The lowest BCUT2D eigenvalue weighted by atomic mass is 10.0. The number of fused-ring (bicyclic) bond motifs is 1. The number of carbonyl (C=O) groups excluding carboxylic acids is 2. The number of anilines is 3. The van der Waals surface area contributed by atoms with Gasteiger partial charge in [-0.3, -0.25) is 9.69 Å². The summed E-state index contributed by atoms with van der Waals surface area (Å²) in [6.45, 7) is 7.76. The second kappa shape index (κ2) is 9.75. The van der Waals surface area contributed by atoms with Crippen LogP contribution in [-0.4, -0.2) is 23.0 Å². The summed E-state index contributed by atoms with van der Waals surface area (Å²) >= 11 is 0. The lowest BCUT2D eigenvalue weighted by molar-refractivity contribution is 0.0938. The SMILES string of the molecule is Cc1cc(C)c2c(NC(=O)N(c3ccccc3)c3ccccc3)cc(C(=O)NC(C)C)nc2c1. The van der Waals surface area contributed by atoms with Crippen LogP contribution in [-0.2, 0) is 0 Å². The average Bonchev–Trinajstić information content (AvgIpc) is 2.79. The monoisotopic (exact) mass is 452 g/mol. The van der Waals surface area contributed by atoms with Gasteiger partial charge in [0.25, 0.3) is 5.91 Å². The number of carbonyl (C=O) groups is 2. The average molecular weight is 453 g/mol. The molecule has 4 rings (SSSR count). The van der Waals surface area contributed by atoms with Crippen molar-refractivity contribution in [2.24, 2.45) is 0 Å². The van der Waals surface area contributed by atoms with Crippen LogP contribution >= 0.6 is 0 Å². The van der Waals surface area contributed by atoms with Gasteiger partial charge in [-0.2, -0.15) is 0 Å². The highest BCUT2D eigenvalue weighted by molar-refractivity contribution is 6.12. The Kier molecular flexibility index (Phi) is 6.59. The molecule has 0 saturated carbocycles. The zero-order valence-corrected chi connectivity index (χ0v) is 19.8. The Bertz CT molecular complexity index is 1300. The van der Waals surface area contributed by atoms with Crippen LogP contribution in [0.5, 0.6) is 0 Å². The molecule has 0 fully saturated rings. The molecule has 0 aliphatic rings. The summed E-state index contributed by atoms with van der Waals surface area (Å²) in [4.78, 5) is 32.7. The van der Waals surface area contributed by atoms with Crippen LogP contribution in [0.15, 0.2) is 78.9 Å². The van der Waals surface area contributed by atoms with E-state index in [1.54, 1.807) is 11.0 Å². The number of aromatic nitrogens is 1. The molecule has 0 aliphatic heterocycles. The van der Waals surface area contributed by atoms with E-state index in [1.165, 1.54) is 0 Å². The summed E-state index contributed by atoms with van der Waals surface area (Å²) < 4.78 is 0. The number of nitrogens with one attached hydrogen (secondary N) is 2. The van der Waals surface area contributed by atoms with Crippen molar-refractivity contribution in [1.29, 1.82) is 0 Å². The molecule has 6 heteroatoms. The molecule has 1 aromatic heterocycles. The van der Waals surface area contributed by atoms with E-state index in [9.17, 15) is 9.59 Å². The van der Waals surface area contributed by atoms with E-state index in [-0.39, 0.29) is 23.7 Å². The van der Waals surface area contributed by atoms with Gasteiger partial charge in [-0.1, -0.05) is 42.5 Å². The van der Waals surface area contributed by atoms with E-state index in [2.05, 4.69) is 15.6 Å². The summed E-state index contributed by atoms with van der Waals surface area (Å²) in [5.74, 6) is -0.283. The third-order valence-electron chi connectivity index (χ3n) is 5.38. The van der Waals surface area contributed by atoms with Gasteiger partial charge >= 0.3 is 6.03 Å². The van der Waals surface area contributed by atoms with Crippen LogP contribution in [0.2, 0.25) is 0 Å². The quantitative estimate of drug-likeness (QED) is 0.370. The fourth-order valence-corrected chi connectivity index (χ4v) is 4.01. The second-order valence-corrected chi connectivity index (χ2v) is 8.60. The van der Waals surface area contributed by atoms with E-state index < -0.39 is 0 Å². The summed E-state index contributed by atoms with van der Waals surface area (Å²) in [6.07, 6.45) is 0. The molecule has 4 aromatic rings. The lowest BCUT2D eigenvalue weighted by Gasteiger charge is -2.24. The number of pyridine rings is 1. The summed E-state index contributed by atoms with van der Waals surface area (Å²) in [6, 6.07) is 24.2. The van der Waals surface area contributed by atoms with Crippen LogP contribution in [0.1, 0.15) is 35.5 Å². The molecule has 0 bridgehead atoms. The first-order valence-corrected chi connectivity index (χ1v) is 11.3. The van der Waals surface area contributed by atoms with Crippen LogP contribution in [0.4, 0.5) is 21.9 Å². The first kappa shape index (κ1) is 23.0. The minimum atomic E-state index is -0.333. The molecule has 6 nitrogen and oxygen atoms in total. The third kappa shape index (κ3) is 4.91. The Labute approximate surface area is 199 Å². The second-order valence-electron chi connectivity index (χ2n) is 8.60. The molecule has 34 heavy (non-hydrogen) atoms. The van der Waals surface area contributed by atoms with Crippen LogP contribution in [0, 0.1) is 13.8 Å². The first-order chi connectivity index (χ1) is 16.3. The maximum absolute atomic E-state index is 13.7. The van der Waals surface area contributed by atoms with Crippen LogP contribution < -0.4 is 15.5 Å². The molecule has 2 N–H and O–H groups in total. The molecule has 0 atom stereocenters. The van der Waals surface area contributed by atoms with Gasteiger partial charge in [0.05, 0.1) is 22.6 Å². The molecule has 0 aliphatic carbocycles. The number of hydrogen-bond acceptors (Lipinski definition) is 3. The van der Waals surface area contributed by atoms with Crippen LogP contribution in [0.3, 0.4) is 0 Å². The van der Waals surface area contributed by atoms with Gasteiger partial charge in [-0.15, -0.1) is 0 Å². The summed E-state index contributed by atoms with van der Waals surface area (Å²) in [5.41, 5.74) is 4.93. The molecule has 1 heterocycles. The minimum absolute atomic E-state index is 0.0334. The summed E-state index contributed by atoms with van der Waals surface area (Å²) in [7, 11) is 0. The number of benzene rings is 3. The van der Waals surface area contributed by atoms with Crippen molar-refractivity contribution in [2.45, 2.75) is 33.7 Å². The fourth-order valence-electron chi connectivity index (χ4n) is 4.01. The highest BCUT2D eigenvalue weighted by Crippen LogP contribution is 2.31. The third-order valence-corrected chi connectivity index (χ3v) is 5.38. The van der Waals surface area contributed by atoms with E-state index in [1.807, 2.05) is 100 Å². The van der Waals surface area contributed by atoms with Crippen molar-refractivity contribution in [3.63, 3.8) is 0 Å². The van der Waals surface area contributed by atoms with E-state index in [4.69, 9.17) is 0 Å². The Balaban J connectivity index is 1.82. The molecular formula is C28H28N4O2. The highest BCUT2D eigenvalue weighted by Gasteiger charge is 2.21. The van der Waals surface area contributed by atoms with Gasteiger partial charge in [0, 0.05) is 11.4 Å². The fraction of sp³-hybridized carbons (Fsp3) is 0.179. The topological polar surface area (TPSA) is 74.3 Å². The van der Waals surface area contributed by atoms with Gasteiger partial charge < -0.3 is 10.6 Å². The number of aryl methyl sites for hydroxylation is 2. The van der Waals surface area contributed by atoms with Gasteiger partial charge in [0.2, 0.25) is 0 Å². The highest BCUT2D eigenvalue weighted by atomic mass is 16.2. The predicted molar refractivity (Wildman–Crippen MR) is 138 cm³/mol.